The highest BCUT2D eigenvalue weighted by Gasteiger charge is 2.10. The molecule has 0 radical (unpaired) electrons. The fourth-order valence-corrected chi connectivity index (χ4v) is 2.50. The molecule has 0 fully saturated rings. The van der Waals surface area contributed by atoms with E-state index in [1.54, 1.807) is 0 Å². The van der Waals surface area contributed by atoms with Gasteiger partial charge >= 0.3 is 0 Å². The van der Waals surface area contributed by atoms with E-state index < -0.39 is 0 Å². The van der Waals surface area contributed by atoms with Crippen molar-refractivity contribution in [2.45, 2.75) is 0 Å². The molecule has 0 atom stereocenters. The number of nitrogens with zero attached hydrogens (tertiary/aromatic N) is 2. The highest BCUT2D eigenvalue weighted by atomic mass is 79.9. The minimum atomic E-state index is 0.383. The molecule has 0 saturated heterocycles. The molecule has 0 N–H and O–H groups in total. The standard InChI is InChI=1S/C14H10Br2N2O2/c15-7-19-9-5-12-14(13(6-9)20-8-16)18-11-4-2-1-3-10(11)17-12/h1-6H,7-8H2. The van der Waals surface area contributed by atoms with Gasteiger partial charge in [0.25, 0.3) is 0 Å². The van der Waals surface area contributed by atoms with E-state index in [1.165, 1.54) is 0 Å². The predicted molar refractivity (Wildman–Crippen MR) is 85.9 cm³/mol. The van der Waals surface area contributed by atoms with Crippen LogP contribution in [0.15, 0.2) is 36.4 Å². The van der Waals surface area contributed by atoms with E-state index in [0.29, 0.717) is 22.5 Å². The van der Waals surface area contributed by atoms with Gasteiger partial charge in [0.05, 0.1) is 16.6 Å². The third kappa shape index (κ3) is 2.58. The average molecular weight is 398 g/mol. The maximum absolute atomic E-state index is 5.57. The third-order valence-electron chi connectivity index (χ3n) is 2.81. The Hall–Kier alpha value is -1.40. The minimum Gasteiger partial charge on any atom is -0.482 e. The van der Waals surface area contributed by atoms with Crippen molar-refractivity contribution in [1.82, 2.24) is 9.97 Å². The molecule has 0 aliphatic carbocycles. The smallest absolute Gasteiger partial charge is 0.152 e. The molecule has 0 aliphatic rings. The van der Waals surface area contributed by atoms with E-state index in [-0.39, 0.29) is 0 Å². The molecule has 3 rings (SSSR count). The summed E-state index contributed by atoms with van der Waals surface area (Å²) in [5.74, 6) is 1.34. The molecule has 102 valence electrons. The van der Waals surface area contributed by atoms with E-state index >= 15 is 0 Å². The largest absolute Gasteiger partial charge is 0.482 e. The minimum absolute atomic E-state index is 0.383. The number of ether oxygens (including phenoxy) is 2. The van der Waals surface area contributed by atoms with Crippen LogP contribution in [0, 0.1) is 0 Å². The Morgan fingerprint density at radius 1 is 0.850 bits per heavy atom. The molecule has 0 amide bonds. The molecule has 0 aliphatic heterocycles. The molecule has 3 aromatic rings. The van der Waals surface area contributed by atoms with Crippen molar-refractivity contribution in [1.29, 1.82) is 0 Å². The molecule has 0 saturated carbocycles. The molecule has 2 aromatic carbocycles. The maximum atomic E-state index is 5.57. The summed E-state index contributed by atoms with van der Waals surface area (Å²) in [7, 11) is 0. The van der Waals surface area contributed by atoms with Crippen LogP contribution in [0.1, 0.15) is 0 Å². The van der Waals surface area contributed by atoms with Crippen LogP contribution in [0.3, 0.4) is 0 Å². The first-order chi connectivity index (χ1) is 9.81. The van der Waals surface area contributed by atoms with Crippen LogP contribution >= 0.6 is 31.9 Å². The lowest BCUT2D eigenvalue weighted by Crippen LogP contribution is -1.97. The summed E-state index contributed by atoms with van der Waals surface area (Å²) in [6.45, 7) is 0. The Bertz CT molecular complexity index is 765. The fourth-order valence-electron chi connectivity index (χ4n) is 1.98. The fraction of sp³-hybridized carbons (Fsp3) is 0.143. The van der Waals surface area contributed by atoms with Crippen LogP contribution in [0.2, 0.25) is 0 Å². The molecular weight excluding hydrogens is 388 g/mol. The first-order valence-electron chi connectivity index (χ1n) is 5.90. The number of hydrogen-bond acceptors (Lipinski definition) is 4. The highest BCUT2D eigenvalue weighted by molar-refractivity contribution is 9.09. The maximum Gasteiger partial charge on any atom is 0.152 e. The van der Waals surface area contributed by atoms with Crippen molar-refractivity contribution in [3.8, 4) is 11.5 Å². The van der Waals surface area contributed by atoms with Gasteiger partial charge in [-0.05, 0) is 44.0 Å². The zero-order chi connectivity index (χ0) is 13.9. The zero-order valence-electron chi connectivity index (χ0n) is 10.3. The van der Waals surface area contributed by atoms with E-state index in [9.17, 15) is 0 Å². The van der Waals surface area contributed by atoms with Crippen molar-refractivity contribution < 1.29 is 9.47 Å². The van der Waals surface area contributed by atoms with E-state index in [0.717, 1.165) is 22.1 Å². The van der Waals surface area contributed by atoms with Gasteiger partial charge in [-0.1, -0.05) is 12.1 Å². The Balaban J connectivity index is 2.28. The molecular formula is C14H10Br2N2O2. The van der Waals surface area contributed by atoms with Crippen molar-refractivity contribution >= 4 is 53.9 Å². The van der Waals surface area contributed by atoms with Gasteiger partial charge in [0.2, 0.25) is 0 Å². The van der Waals surface area contributed by atoms with E-state index in [2.05, 4.69) is 41.8 Å². The Morgan fingerprint density at radius 3 is 2.25 bits per heavy atom. The monoisotopic (exact) mass is 396 g/mol. The second-order valence-corrected chi connectivity index (χ2v) is 4.92. The van der Waals surface area contributed by atoms with Crippen molar-refractivity contribution in [3.05, 3.63) is 36.4 Å². The van der Waals surface area contributed by atoms with Crippen LogP contribution in [0.4, 0.5) is 0 Å². The second-order valence-electron chi connectivity index (χ2n) is 4.01. The molecule has 0 unspecified atom stereocenters. The van der Waals surface area contributed by atoms with E-state index in [1.807, 2.05) is 36.4 Å². The number of aromatic nitrogens is 2. The van der Waals surface area contributed by atoms with Crippen LogP contribution in [0.25, 0.3) is 22.1 Å². The molecule has 1 aromatic heterocycles. The van der Waals surface area contributed by atoms with Crippen LogP contribution in [-0.4, -0.2) is 21.0 Å². The molecule has 6 heteroatoms. The summed E-state index contributed by atoms with van der Waals surface area (Å²) in [5, 5.41) is 0. The van der Waals surface area contributed by atoms with Gasteiger partial charge in [-0.25, -0.2) is 9.97 Å². The average Bonchev–Trinajstić information content (AvgIpc) is 2.46. The Morgan fingerprint density at radius 2 is 1.55 bits per heavy atom. The Labute approximate surface area is 132 Å². The first-order valence-corrected chi connectivity index (χ1v) is 8.14. The zero-order valence-corrected chi connectivity index (χ0v) is 13.5. The first kappa shape index (κ1) is 13.6. The number of rotatable bonds is 4. The summed E-state index contributed by atoms with van der Waals surface area (Å²) < 4.78 is 11.0. The molecule has 0 bridgehead atoms. The van der Waals surface area contributed by atoms with Gasteiger partial charge in [0.15, 0.2) is 5.75 Å². The third-order valence-corrected chi connectivity index (χ3v) is 3.27. The van der Waals surface area contributed by atoms with Gasteiger partial charge in [0.1, 0.15) is 22.3 Å². The van der Waals surface area contributed by atoms with Gasteiger partial charge in [-0.3, -0.25) is 0 Å². The number of para-hydroxylation sites is 2. The Kier molecular flexibility index (Phi) is 4.03. The van der Waals surface area contributed by atoms with Crippen LogP contribution in [0.5, 0.6) is 11.5 Å². The number of benzene rings is 2. The van der Waals surface area contributed by atoms with Crippen molar-refractivity contribution in [2.75, 3.05) is 11.0 Å². The van der Waals surface area contributed by atoms with Gasteiger partial charge < -0.3 is 9.47 Å². The number of fused-ring (bicyclic) bond motifs is 2. The molecule has 20 heavy (non-hydrogen) atoms. The summed E-state index contributed by atoms with van der Waals surface area (Å²) >= 11 is 6.51. The van der Waals surface area contributed by atoms with E-state index in [4.69, 9.17) is 9.47 Å². The number of hydrogen-bond donors (Lipinski definition) is 0. The molecule has 4 nitrogen and oxygen atoms in total. The van der Waals surface area contributed by atoms with Gasteiger partial charge in [-0.15, -0.1) is 0 Å². The SMILES string of the molecule is BrCOc1cc(OCBr)c2nc3ccccc3nc2c1. The quantitative estimate of drug-likeness (QED) is 0.487. The highest BCUT2D eigenvalue weighted by Crippen LogP contribution is 2.31. The van der Waals surface area contributed by atoms with Gasteiger partial charge in [-0.2, -0.15) is 0 Å². The lowest BCUT2D eigenvalue weighted by atomic mass is 10.2. The molecule has 0 spiro atoms. The number of halogens is 2. The summed E-state index contributed by atoms with van der Waals surface area (Å²) in [4.78, 5) is 9.23. The van der Waals surface area contributed by atoms with Crippen molar-refractivity contribution in [2.24, 2.45) is 0 Å². The summed E-state index contributed by atoms with van der Waals surface area (Å²) in [6.07, 6.45) is 0. The lowest BCUT2D eigenvalue weighted by Gasteiger charge is -2.10. The van der Waals surface area contributed by atoms with Crippen LogP contribution < -0.4 is 9.47 Å². The number of alkyl halides is 2. The molecule has 1 heterocycles. The normalized spacial score (nSPS) is 10.9. The topological polar surface area (TPSA) is 44.2 Å². The lowest BCUT2D eigenvalue weighted by molar-refractivity contribution is 0.381. The summed E-state index contributed by atoms with van der Waals surface area (Å²) in [5.41, 5.74) is 3.96. The predicted octanol–water partition coefficient (Wildman–Crippen LogP) is 4.25. The van der Waals surface area contributed by atoms with Crippen molar-refractivity contribution in [3.63, 3.8) is 0 Å². The van der Waals surface area contributed by atoms with Crippen LogP contribution in [-0.2, 0) is 0 Å². The van der Waals surface area contributed by atoms with Gasteiger partial charge in [0, 0.05) is 12.1 Å². The summed E-state index contributed by atoms with van der Waals surface area (Å²) in [6, 6.07) is 11.4. The second kappa shape index (κ2) is 5.93.